The first-order valence-corrected chi connectivity index (χ1v) is 27.6. The van der Waals surface area contributed by atoms with E-state index in [9.17, 15) is 34.5 Å². The molecule has 0 aromatic carbocycles. The number of unbranched alkanes of at least 4 members (excludes halogenated alkanes) is 24. The number of hydrogen-bond donors (Lipinski definition) is 3. The van der Waals surface area contributed by atoms with E-state index in [1.165, 1.54) is 70.6 Å². The fourth-order valence-corrected chi connectivity index (χ4v) is 8.14. The van der Waals surface area contributed by atoms with Crippen LogP contribution < -0.4 is 0 Å². The van der Waals surface area contributed by atoms with E-state index < -0.39 is 67.3 Å². The Bertz CT molecular complexity index is 1390. The molecule has 0 aromatic rings. The van der Waals surface area contributed by atoms with Gasteiger partial charge in [-0.25, -0.2) is 4.79 Å². The first-order chi connectivity index (χ1) is 33.6. The average molecular weight is 975 g/mol. The van der Waals surface area contributed by atoms with Gasteiger partial charge in [-0.1, -0.05) is 191 Å². The Morgan fingerprint density at radius 1 is 0.493 bits per heavy atom. The highest BCUT2D eigenvalue weighted by Crippen LogP contribution is 2.26. The molecule has 0 saturated carbocycles. The summed E-state index contributed by atoms with van der Waals surface area (Å²) in [5, 5.41) is 31.4. The topological polar surface area (TPSA) is 175 Å². The van der Waals surface area contributed by atoms with E-state index in [1.54, 1.807) is 0 Å². The number of allylic oxidation sites excluding steroid dienone is 8. The predicted octanol–water partition coefficient (Wildman–Crippen LogP) is 13.4. The van der Waals surface area contributed by atoms with Crippen molar-refractivity contribution in [2.45, 2.75) is 276 Å². The molecule has 0 spiro atoms. The van der Waals surface area contributed by atoms with Crippen molar-refractivity contribution < 1.29 is 58.2 Å². The van der Waals surface area contributed by atoms with Crippen LogP contribution >= 0.6 is 0 Å². The molecule has 0 radical (unpaired) electrons. The molecule has 6 unspecified atom stereocenters. The average Bonchev–Trinajstić information content (AvgIpc) is 3.33. The quantitative estimate of drug-likeness (QED) is 0.0228. The number of aliphatic hydroxyl groups excluding tert-OH is 2. The summed E-state index contributed by atoms with van der Waals surface area (Å²) in [4.78, 5) is 50.9. The van der Waals surface area contributed by atoms with Gasteiger partial charge in [-0.3, -0.25) is 14.4 Å². The van der Waals surface area contributed by atoms with Crippen molar-refractivity contribution in [1.29, 1.82) is 0 Å². The fourth-order valence-electron chi connectivity index (χ4n) is 8.14. The zero-order valence-corrected chi connectivity index (χ0v) is 43.6. The Kier molecular flexibility index (Phi) is 42.3. The van der Waals surface area contributed by atoms with E-state index in [-0.39, 0.29) is 25.9 Å². The van der Waals surface area contributed by atoms with Crippen LogP contribution in [-0.4, -0.2) is 89.2 Å². The Morgan fingerprint density at radius 2 is 0.913 bits per heavy atom. The third kappa shape index (κ3) is 36.3. The number of hydrogen-bond acceptors (Lipinski definition) is 11. The first kappa shape index (κ1) is 63.7. The van der Waals surface area contributed by atoms with Gasteiger partial charge in [0.15, 0.2) is 24.6 Å². The van der Waals surface area contributed by atoms with Crippen LogP contribution in [0.1, 0.15) is 239 Å². The summed E-state index contributed by atoms with van der Waals surface area (Å²) < 4.78 is 28.3. The Labute approximate surface area is 418 Å². The first-order valence-electron chi connectivity index (χ1n) is 27.6. The highest BCUT2D eigenvalue weighted by atomic mass is 16.7. The van der Waals surface area contributed by atoms with Gasteiger partial charge in [-0.05, 0) is 77.0 Å². The number of carboxylic acids is 1. The molecule has 0 bridgehead atoms. The summed E-state index contributed by atoms with van der Waals surface area (Å²) in [7, 11) is 0. The lowest BCUT2D eigenvalue weighted by molar-refractivity contribution is -0.301. The molecule has 1 fully saturated rings. The minimum Gasteiger partial charge on any atom is -0.479 e. The molecule has 69 heavy (non-hydrogen) atoms. The van der Waals surface area contributed by atoms with Crippen LogP contribution in [0.25, 0.3) is 0 Å². The van der Waals surface area contributed by atoms with Gasteiger partial charge in [0.1, 0.15) is 18.8 Å². The van der Waals surface area contributed by atoms with E-state index in [0.29, 0.717) is 19.3 Å². The van der Waals surface area contributed by atoms with Crippen molar-refractivity contribution in [3.63, 3.8) is 0 Å². The fraction of sp³-hybridized carbons (Fsp3) is 0.789. The summed E-state index contributed by atoms with van der Waals surface area (Å²) >= 11 is 0. The number of rotatable bonds is 46. The molecule has 1 heterocycles. The summed E-state index contributed by atoms with van der Waals surface area (Å²) in [5.74, 6) is -3.14. The highest BCUT2D eigenvalue weighted by Gasteiger charge is 2.50. The number of aliphatic carboxylic acids is 1. The zero-order valence-electron chi connectivity index (χ0n) is 43.6. The second kappa shape index (κ2) is 45.8. The van der Waals surface area contributed by atoms with Gasteiger partial charge in [-0.2, -0.15) is 0 Å². The summed E-state index contributed by atoms with van der Waals surface area (Å²) in [6, 6.07) is 0. The molecule has 0 aromatic heterocycles. The molecule has 0 amide bonds. The van der Waals surface area contributed by atoms with E-state index >= 15 is 0 Å². The second-order valence-electron chi connectivity index (χ2n) is 18.8. The predicted molar refractivity (Wildman–Crippen MR) is 276 cm³/mol. The van der Waals surface area contributed by atoms with Gasteiger partial charge in [0.05, 0.1) is 6.61 Å². The molecule has 1 rings (SSSR count). The Balaban J connectivity index is 2.72. The molecule has 0 aliphatic carbocycles. The molecule has 1 aliphatic heterocycles. The maximum absolute atomic E-state index is 13.1. The maximum Gasteiger partial charge on any atom is 0.335 e. The van der Waals surface area contributed by atoms with Crippen molar-refractivity contribution in [2.75, 3.05) is 13.2 Å². The molecule has 12 heteroatoms. The molecule has 398 valence electrons. The van der Waals surface area contributed by atoms with Crippen molar-refractivity contribution in [1.82, 2.24) is 0 Å². The lowest BCUT2D eigenvalue weighted by Gasteiger charge is -2.40. The second-order valence-corrected chi connectivity index (χ2v) is 18.8. The highest BCUT2D eigenvalue weighted by molar-refractivity contribution is 5.74. The van der Waals surface area contributed by atoms with Crippen molar-refractivity contribution in [2.24, 2.45) is 0 Å². The number of esters is 3. The smallest absolute Gasteiger partial charge is 0.335 e. The van der Waals surface area contributed by atoms with E-state index in [2.05, 4.69) is 69.4 Å². The van der Waals surface area contributed by atoms with Gasteiger partial charge < -0.3 is 39.0 Å². The standard InChI is InChI=1S/C57H98O12/c1-4-7-10-13-16-19-22-24-25-27-30-33-36-39-42-45-51(60)68-55-53(62)52(61)54(56(63)64)69-57(55)66-47-48(67-50(59)44-41-38-35-32-28-21-18-15-12-9-6-3)46-65-49(58)43-40-37-34-31-29-26-23-20-17-14-11-8-5-2/h7,10,16,19-20,23-25,48,52-55,57,61-62H,4-6,8-9,11-15,17-18,21-22,26-47H2,1-3H3,(H,63,64)/b10-7-,19-16-,23-20-,25-24-. The number of aliphatic hydroxyl groups is 2. The number of carbonyl (C=O) groups is 4. The third-order valence-corrected chi connectivity index (χ3v) is 12.4. The number of ether oxygens (including phenoxy) is 5. The molecule has 3 N–H and O–H groups in total. The summed E-state index contributed by atoms with van der Waals surface area (Å²) in [5.41, 5.74) is 0. The molecule has 6 atom stereocenters. The minimum atomic E-state index is -1.91. The molecule has 1 saturated heterocycles. The maximum atomic E-state index is 13.1. The van der Waals surface area contributed by atoms with Crippen LogP contribution in [0.2, 0.25) is 0 Å². The molecular weight excluding hydrogens is 877 g/mol. The van der Waals surface area contributed by atoms with E-state index in [4.69, 9.17) is 23.7 Å². The van der Waals surface area contributed by atoms with Crippen LogP contribution in [0, 0.1) is 0 Å². The molecule has 12 nitrogen and oxygen atoms in total. The van der Waals surface area contributed by atoms with Crippen LogP contribution in [0.5, 0.6) is 0 Å². The van der Waals surface area contributed by atoms with Gasteiger partial charge in [0.25, 0.3) is 0 Å². The van der Waals surface area contributed by atoms with Crippen molar-refractivity contribution in [3.8, 4) is 0 Å². The van der Waals surface area contributed by atoms with Crippen LogP contribution in [0.15, 0.2) is 48.6 Å². The monoisotopic (exact) mass is 975 g/mol. The lowest BCUT2D eigenvalue weighted by atomic mass is 9.98. The zero-order chi connectivity index (χ0) is 50.4. The third-order valence-electron chi connectivity index (χ3n) is 12.4. The van der Waals surface area contributed by atoms with Gasteiger partial charge in [0, 0.05) is 19.3 Å². The Hall–Kier alpha value is -3.32. The van der Waals surface area contributed by atoms with E-state index in [0.717, 1.165) is 109 Å². The number of carbonyl (C=O) groups excluding carboxylic acids is 3. The van der Waals surface area contributed by atoms with Crippen molar-refractivity contribution >= 4 is 23.9 Å². The van der Waals surface area contributed by atoms with Gasteiger partial charge >= 0.3 is 23.9 Å². The minimum absolute atomic E-state index is 0.0416. The largest absolute Gasteiger partial charge is 0.479 e. The van der Waals surface area contributed by atoms with Gasteiger partial charge in [-0.15, -0.1) is 0 Å². The van der Waals surface area contributed by atoms with Crippen LogP contribution in [0.3, 0.4) is 0 Å². The van der Waals surface area contributed by atoms with Crippen LogP contribution in [0.4, 0.5) is 0 Å². The SMILES string of the molecule is CC/C=C\C/C=C\C/C=C\CCCCCCCC(=O)OC1C(OCC(COC(=O)CCCCCCC/C=C\CCCCCC)OC(=O)CCCCCCCCCCCCC)OC(C(=O)O)C(O)C1O. The lowest BCUT2D eigenvalue weighted by Crippen LogP contribution is -2.61. The summed E-state index contributed by atoms with van der Waals surface area (Å²) in [6.07, 6.45) is 40.9. The number of carboxylic acid groups (broad SMARTS) is 1. The summed E-state index contributed by atoms with van der Waals surface area (Å²) in [6.45, 7) is 5.83. The van der Waals surface area contributed by atoms with Crippen LogP contribution in [-0.2, 0) is 42.9 Å². The molecular formula is C57H98O12. The van der Waals surface area contributed by atoms with Crippen molar-refractivity contribution in [3.05, 3.63) is 48.6 Å². The van der Waals surface area contributed by atoms with E-state index in [1.807, 2.05) is 0 Å². The van der Waals surface area contributed by atoms with Gasteiger partial charge in [0.2, 0.25) is 0 Å². The molecule has 1 aliphatic rings. The Morgan fingerprint density at radius 3 is 1.42 bits per heavy atom. The normalized spacial score (nSPS) is 19.0.